The topological polar surface area (TPSA) is 79.5 Å². The van der Waals surface area contributed by atoms with E-state index in [1.807, 2.05) is 37.3 Å². The molecule has 0 spiro atoms. The van der Waals surface area contributed by atoms with Crippen LogP contribution in [-0.2, 0) is 0 Å². The molecule has 0 aromatic heterocycles. The largest absolute Gasteiger partial charge is 0.351 e. The van der Waals surface area contributed by atoms with Crippen LogP contribution in [0.15, 0.2) is 47.7 Å². The van der Waals surface area contributed by atoms with E-state index in [-0.39, 0.29) is 0 Å². The number of aryl methyl sites for hydroxylation is 1. The Morgan fingerprint density at radius 2 is 2.22 bits per heavy atom. The smallest absolute Gasteiger partial charge is 0.316 e. The molecule has 92 valence electrons. The van der Waals surface area contributed by atoms with Crippen LogP contribution in [0.3, 0.4) is 0 Å². The van der Waals surface area contributed by atoms with Gasteiger partial charge in [-0.05, 0) is 36.8 Å². The van der Waals surface area contributed by atoms with Crippen molar-refractivity contribution in [2.24, 2.45) is 10.8 Å². The molecule has 1 aromatic carbocycles. The van der Waals surface area contributed by atoms with E-state index in [0.29, 0.717) is 5.69 Å². The first-order valence-electron chi connectivity index (χ1n) is 5.51. The van der Waals surface area contributed by atoms with E-state index < -0.39 is 6.03 Å². The number of anilines is 1. The maximum absolute atomic E-state index is 10.8. The highest BCUT2D eigenvalue weighted by Crippen LogP contribution is 2.16. The summed E-state index contributed by atoms with van der Waals surface area (Å²) in [4.78, 5) is 10.8. The molecule has 0 bridgehead atoms. The predicted octanol–water partition coefficient (Wildman–Crippen LogP) is 1.86. The van der Waals surface area contributed by atoms with Crippen LogP contribution < -0.4 is 16.5 Å². The lowest BCUT2D eigenvalue weighted by atomic mass is 10.0. The van der Waals surface area contributed by atoms with Gasteiger partial charge < -0.3 is 11.1 Å². The lowest BCUT2D eigenvalue weighted by molar-refractivity contribution is 0.259. The van der Waals surface area contributed by atoms with Crippen molar-refractivity contribution in [1.82, 2.24) is 5.43 Å². The average Bonchev–Trinajstić information content (AvgIpc) is 2.57. The number of nitrogens with one attached hydrogen (secondary N) is 2. The number of allylic oxidation sites excluding steroid dienone is 3. The predicted molar refractivity (Wildman–Crippen MR) is 72.3 cm³/mol. The van der Waals surface area contributed by atoms with Crippen LogP contribution in [0.2, 0.25) is 0 Å². The minimum Gasteiger partial charge on any atom is -0.351 e. The molecular formula is C13H14N4O. The summed E-state index contributed by atoms with van der Waals surface area (Å²) in [5, 5.41) is 6.77. The summed E-state index contributed by atoms with van der Waals surface area (Å²) in [7, 11) is 0. The van der Waals surface area contributed by atoms with Crippen LogP contribution in [0, 0.1) is 6.92 Å². The van der Waals surface area contributed by atoms with Crippen LogP contribution in [0.25, 0.3) is 0 Å². The Morgan fingerprint density at radius 1 is 1.39 bits per heavy atom. The Bertz CT molecular complexity index is 558. The van der Waals surface area contributed by atoms with Gasteiger partial charge in [0.05, 0.1) is 5.71 Å². The molecule has 1 heterocycles. The fourth-order valence-electron chi connectivity index (χ4n) is 1.71. The van der Waals surface area contributed by atoms with Gasteiger partial charge in [-0.2, -0.15) is 5.10 Å². The number of hydrogen-bond acceptors (Lipinski definition) is 3. The Balaban J connectivity index is 2.30. The van der Waals surface area contributed by atoms with E-state index in [0.717, 1.165) is 16.8 Å². The molecule has 1 aliphatic heterocycles. The molecule has 2 amide bonds. The van der Waals surface area contributed by atoms with Gasteiger partial charge in [-0.3, -0.25) is 5.43 Å². The third-order valence-electron chi connectivity index (χ3n) is 2.49. The Hall–Kier alpha value is -2.56. The number of nitrogens with two attached hydrogens (primary N) is 1. The zero-order chi connectivity index (χ0) is 13.0. The van der Waals surface area contributed by atoms with Gasteiger partial charge in [0.1, 0.15) is 0 Å². The first kappa shape index (κ1) is 11.9. The van der Waals surface area contributed by atoms with Crippen molar-refractivity contribution in [3.05, 3.63) is 53.8 Å². The highest BCUT2D eigenvalue weighted by atomic mass is 16.2. The number of hydrazone groups is 1. The van der Waals surface area contributed by atoms with Gasteiger partial charge in [-0.15, -0.1) is 0 Å². The summed E-state index contributed by atoms with van der Waals surface area (Å²) >= 11 is 0. The number of rotatable bonds is 2. The van der Waals surface area contributed by atoms with E-state index >= 15 is 0 Å². The fraction of sp³-hybridized carbons (Fsp3) is 0.0769. The van der Waals surface area contributed by atoms with E-state index in [2.05, 4.69) is 15.8 Å². The maximum Gasteiger partial charge on any atom is 0.316 e. The summed E-state index contributed by atoms with van der Waals surface area (Å²) in [6.45, 7) is 1.95. The third kappa shape index (κ3) is 2.76. The van der Waals surface area contributed by atoms with Crippen molar-refractivity contribution >= 4 is 17.4 Å². The summed E-state index contributed by atoms with van der Waals surface area (Å²) in [5.41, 5.74) is 11.4. The lowest BCUT2D eigenvalue weighted by Crippen LogP contribution is -2.19. The van der Waals surface area contributed by atoms with Crippen molar-refractivity contribution in [1.29, 1.82) is 0 Å². The number of urea groups is 1. The minimum atomic E-state index is -0.570. The molecule has 0 atom stereocenters. The highest BCUT2D eigenvalue weighted by molar-refractivity contribution is 6.10. The molecule has 5 nitrogen and oxygen atoms in total. The summed E-state index contributed by atoms with van der Waals surface area (Å²) in [6.07, 6.45) is 7.45. The summed E-state index contributed by atoms with van der Waals surface area (Å²) < 4.78 is 0. The Morgan fingerprint density at radius 3 is 2.94 bits per heavy atom. The first-order chi connectivity index (χ1) is 8.66. The Kier molecular flexibility index (Phi) is 3.43. The van der Waals surface area contributed by atoms with Gasteiger partial charge >= 0.3 is 6.03 Å². The van der Waals surface area contributed by atoms with Crippen molar-refractivity contribution in [2.45, 2.75) is 6.92 Å². The zero-order valence-electron chi connectivity index (χ0n) is 9.97. The molecule has 1 aromatic rings. The normalized spacial score (nSPS) is 13.5. The van der Waals surface area contributed by atoms with Gasteiger partial charge in [-0.25, -0.2) is 4.79 Å². The van der Waals surface area contributed by atoms with E-state index in [1.54, 1.807) is 12.3 Å². The highest BCUT2D eigenvalue weighted by Gasteiger charge is 2.06. The average molecular weight is 242 g/mol. The molecule has 0 saturated carbocycles. The molecule has 1 aliphatic rings. The van der Waals surface area contributed by atoms with E-state index in [4.69, 9.17) is 5.73 Å². The van der Waals surface area contributed by atoms with Crippen molar-refractivity contribution in [3.8, 4) is 0 Å². The number of carbonyl (C=O) groups excluding carboxylic acids is 1. The molecule has 2 rings (SSSR count). The van der Waals surface area contributed by atoms with Crippen molar-refractivity contribution in [2.75, 3.05) is 5.32 Å². The SMILES string of the molecule is Cc1cc(NC(N)=O)ccc1C1=NNC=CC=C1. The third-order valence-corrected chi connectivity index (χ3v) is 2.49. The number of carbonyl (C=O) groups is 1. The summed E-state index contributed by atoms with van der Waals surface area (Å²) in [5.74, 6) is 0. The standard InChI is InChI=1S/C13H14N4O/c1-9-8-10(16-13(14)18)5-6-11(9)12-4-2-3-7-15-17-12/h2-8,15H,1H3,(H3,14,16,18). The van der Waals surface area contributed by atoms with Gasteiger partial charge in [0, 0.05) is 17.5 Å². The Labute approximate surface area is 105 Å². The van der Waals surface area contributed by atoms with Crippen LogP contribution in [0.4, 0.5) is 10.5 Å². The maximum atomic E-state index is 10.8. The number of primary amides is 1. The molecule has 0 radical (unpaired) electrons. The van der Waals surface area contributed by atoms with Gasteiger partial charge in [0.15, 0.2) is 0 Å². The molecular weight excluding hydrogens is 228 g/mol. The first-order valence-corrected chi connectivity index (χ1v) is 5.51. The fourth-order valence-corrected chi connectivity index (χ4v) is 1.71. The van der Waals surface area contributed by atoms with Crippen LogP contribution in [-0.4, -0.2) is 11.7 Å². The number of hydrogen-bond donors (Lipinski definition) is 3. The molecule has 0 unspecified atom stereocenters. The van der Waals surface area contributed by atoms with Gasteiger partial charge in [0.25, 0.3) is 0 Å². The minimum absolute atomic E-state index is 0.570. The van der Waals surface area contributed by atoms with E-state index in [1.165, 1.54) is 0 Å². The summed E-state index contributed by atoms with van der Waals surface area (Å²) in [6, 6.07) is 4.98. The van der Waals surface area contributed by atoms with Crippen LogP contribution in [0.5, 0.6) is 0 Å². The monoisotopic (exact) mass is 242 g/mol. The molecule has 0 saturated heterocycles. The van der Waals surface area contributed by atoms with Crippen LogP contribution in [0.1, 0.15) is 11.1 Å². The number of amides is 2. The van der Waals surface area contributed by atoms with E-state index in [9.17, 15) is 4.79 Å². The zero-order valence-corrected chi connectivity index (χ0v) is 9.97. The molecule has 5 heteroatoms. The number of benzene rings is 1. The van der Waals surface area contributed by atoms with Crippen molar-refractivity contribution in [3.63, 3.8) is 0 Å². The lowest BCUT2D eigenvalue weighted by Gasteiger charge is -2.08. The van der Waals surface area contributed by atoms with Crippen LogP contribution >= 0.6 is 0 Å². The molecule has 0 fully saturated rings. The second-order valence-corrected chi connectivity index (χ2v) is 3.86. The molecule has 18 heavy (non-hydrogen) atoms. The van der Waals surface area contributed by atoms with Gasteiger partial charge in [-0.1, -0.05) is 12.1 Å². The molecule has 0 aliphatic carbocycles. The number of nitrogens with zero attached hydrogens (tertiary/aromatic N) is 1. The second-order valence-electron chi connectivity index (χ2n) is 3.86. The van der Waals surface area contributed by atoms with Crippen molar-refractivity contribution < 1.29 is 4.79 Å². The quantitative estimate of drug-likeness (QED) is 0.740. The van der Waals surface area contributed by atoms with Gasteiger partial charge in [0.2, 0.25) is 0 Å². The second kappa shape index (κ2) is 5.18. The molecule has 4 N–H and O–H groups in total.